The van der Waals surface area contributed by atoms with Gasteiger partial charge in [0.1, 0.15) is 11.7 Å². The zero-order valence-electron chi connectivity index (χ0n) is 13.9. The summed E-state index contributed by atoms with van der Waals surface area (Å²) in [4.78, 5) is 17.0. The molecule has 26 heavy (non-hydrogen) atoms. The average molecular weight is 370 g/mol. The first-order valence-electron chi connectivity index (χ1n) is 7.84. The Hall–Kier alpha value is -3.12. The van der Waals surface area contributed by atoms with Crippen molar-refractivity contribution in [1.29, 1.82) is 0 Å². The van der Waals surface area contributed by atoms with Crippen LogP contribution in [0.5, 0.6) is 5.75 Å². The van der Waals surface area contributed by atoms with Crippen molar-refractivity contribution in [1.82, 2.24) is 5.16 Å². The molecule has 3 aromatic rings. The third-order valence-corrected chi connectivity index (χ3v) is 3.80. The minimum absolute atomic E-state index is 0.0947. The molecular formula is C19H16ClN3O3. The van der Waals surface area contributed by atoms with Gasteiger partial charge in [0.2, 0.25) is 5.91 Å². The van der Waals surface area contributed by atoms with E-state index in [0.29, 0.717) is 27.9 Å². The molecule has 7 heteroatoms. The van der Waals surface area contributed by atoms with Crippen molar-refractivity contribution in [2.24, 2.45) is 4.99 Å². The minimum atomic E-state index is -0.783. The number of aryl methyl sites for hydroxylation is 1. The molecule has 0 aliphatic heterocycles. The fourth-order valence-electron chi connectivity index (χ4n) is 2.29. The lowest BCUT2D eigenvalue weighted by atomic mass is 10.1. The molecule has 6 nitrogen and oxygen atoms in total. The molecule has 0 aliphatic rings. The highest BCUT2D eigenvalue weighted by Crippen LogP contribution is 2.22. The Labute approximate surface area is 155 Å². The first-order valence-corrected chi connectivity index (χ1v) is 8.22. The van der Waals surface area contributed by atoms with Gasteiger partial charge in [-0.2, -0.15) is 0 Å². The van der Waals surface area contributed by atoms with Gasteiger partial charge >= 0.3 is 0 Å². The Morgan fingerprint density at radius 1 is 1.27 bits per heavy atom. The molecule has 0 fully saturated rings. The lowest BCUT2D eigenvalue weighted by molar-refractivity contribution is -0.116. The molecule has 3 rings (SSSR count). The summed E-state index contributed by atoms with van der Waals surface area (Å²) in [5, 5.41) is 16.7. The second-order valence-corrected chi connectivity index (χ2v) is 6.08. The molecule has 1 amide bonds. The molecule has 0 saturated carbocycles. The number of phenolic OH excluding ortho intramolecular Hbond substituents is 1. The molecule has 0 radical (unpaired) electrons. The number of hydrogen-bond acceptors (Lipinski definition) is 5. The third-order valence-electron chi connectivity index (χ3n) is 3.55. The first-order chi connectivity index (χ1) is 12.5. The van der Waals surface area contributed by atoms with Crippen LogP contribution in [0.25, 0.3) is 0 Å². The van der Waals surface area contributed by atoms with Crippen LogP contribution < -0.4 is 5.32 Å². The molecule has 1 heterocycles. The number of carbonyl (C=O) groups is 1. The highest BCUT2D eigenvalue weighted by Gasteiger charge is 2.23. The predicted molar refractivity (Wildman–Crippen MR) is 100 cm³/mol. The van der Waals surface area contributed by atoms with E-state index in [0.717, 1.165) is 0 Å². The monoisotopic (exact) mass is 369 g/mol. The molecule has 2 aromatic carbocycles. The molecular weight excluding hydrogens is 354 g/mol. The maximum absolute atomic E-state index is 12.7. The highest BCUT2D eigenvalue weighted by atomic mass is 35.5. The normalized spacial score (nSPS) is 12.2. The van der Waals surface area contributed by atoms with E-state index >= 15 is 0 Å². The summed E-state index contributed by atoms with van der Waals surface area (Å²) in [6.45, 7) is 1.77. The van der Waals surface area contributed by atoms with Crippen molar-refractivity contribution in [3.63, 3.8) is 0 Å². The Morgan fingerprint density at radius 2 is 2.04 bits per heavy atom. The third kappa shape index (κ3) is 4.49. The second kappa shape index (κ2) is 7.84. The van der Waals surface area contributed by atoms with Crippen molar-refractivity contribution >= 4 is 35.1 Å². The molecule has 0 bridgehead atoms. The summed E-state index contributed by atoms with van der Waals surface area (Å²) in [7, 11) is 0. The molecule has 2 N–H and O–H groups in total. The van der Waals surface area contributed by atoms with E-state index in [4.69, 9.17) is 16.1 Å². The maximum Gasteiger partial charge on any atom is 0.240 e. The number of nitrogens with one attached hydrogen (secondary N) is 1. The van der Waals surface area contributed by atoms with Crippen LogP contribution in [0, 0.1) is 6.92 Å². The van der Waals surface area contributed by atoms with Crippen LogP contribution in [0.3, 0.4) is 0 Å². The van der Waals surface area contributed by atoms with Crippen molar-refractivity contribution in [2.75, 3.05) is 5.32 Å². The molecule has 0 aliphatic carbocycles. The number of carbonyl (C=O) groups excluding carboxylic acids is 1. The van der Waals surface area contributed by atoms with Gasteiger partial charge in [0.25, 0.3) is 0 Å². The number of aromatic nitrogens is 1. The number of phenols is 1. The molecule has 1 aromatic heterocycles. The van der Waals surface area contributed by atoms with Crippen LogP contribution in [0.15, 0.2) is 64.1 Å². The standard InChI is InChI=1S/C19H16ClN3O3/c1-12-9-18(26-23-12)17(11-21-15-3-2-4-16(24)10-15)19(25)22-14-7-5-13(20)6-8-14/h2-11,17,24H,1H3,(H,22,25). The van der Waals surface area contributed by atoms with E-state index in [1.54, 1.807) is 55.5 Å². The number of rotatable bonds is 5. The number of nitrogens with zero attached hydrogens (tertiary/aromatic N) is 2. The van der Waals surface area contributed by atoms with Crippen molar-refractivity contribution < 1.29 is 14.4 Å². The second-order valence-electron chi connectivity index (χ2n) is 5.64. The number of hydrogen-bond donors (Lipinski definition) is 2. The van der Waals surface area contributed by atoms with Crippen LogP contribution in [0.1, 0.15) is 17.4 Å². The molecule has 132 valence electrons. The van der Waals surface area contributed by atoms with Crippen LogP contribution in [0.4, 0.5) is 11.4 Å². The number of halogens is 1. The van der Waals surface area contributed by atoms with Crippen LogP contribution in [0.2, 0.25) is 5.02 Å². The van der Waals surface area contributed by atoms with Crippen molar-refractivity contribution in [2.45, 2.75) is 12.8 Å². The maximum atomic E-state index is 12.7. The summed E-state index contributed by atoms with van der Waals surface area (Å²) < 4.78 is 5.24. The van der Waals surface area contributed by atoms with Gasteiger partial charge < -0.3 is 14.9 Å². The first kappa shape index (κ1) is 17.7. The topological polar surface area (TPSA) is 87.7 Å². The average Bonchev–Trinajstić information content (AvgIpc) is 3.03. The Balaban J connectivity index is 1.85. The molecule has 1 atom stereocenters. The SMILES string of the molecule is Cc1cc(C(C=Nc2cccc(O)c2)C(=O)Nc2ccc(Cl)cc2)on1. The van der Waals surface area contributed by atoms with Gasteiger partial charge in [-0.25, -0.2) is 0 Å². The molecule has 0 saturated heterocycles. The van der Waals surface area contributed by atoms with Crippen LogP contribution in [-0.2, 0) is 4.79 Å². The number of anilines is 1. The summed E-state index contributed by atoms with van der Waals surface area (Å²) in [5.74, 6) is -0.642. The van der Waals surface area contributed by atoms with E-state index in [-0.39, 0.29) is 11.7 Å². The lowest BCUT2D eigenvalue weighted by Crippen LogP contribution is -2.22. The summed E-state index contributed by atoms with van der Waals surface area (Å²) in [6.07, 6.45) is 1.46. The van der Waals surface area contributed by atoms with Crippen LogP contribution >= 0.6 is 11.6 Å². The van der Waals surface area contributed by atoms with Gasteiger partial charge in [0.15, 0.2) is 5.76 Å². The summed E-state index contributed by atoms with van der Waals surface area (Å²) >= 11 is 5.86. The van der Waals surface area contributed by atoms with Crippen molar-refractivity contribution in [3.8, 4) is 5.75 Å². The van der Waals surface area contributed by atoms with Gasteiger partial charge in [0.05, 0.1) is 11.4 Å². The lowest BCUT2D eigenvalue weighted by Gasteiger charge is -2.10. The Kier molecular flexibility index (Phi) is 5.34. The molecule has 1 unspecified atom stereocenters. The predicted octanol–water partition coefficient (Wildman–Crippen LogP) is 4.47. The molecule has 0 spiro atoms. The number of amides is 1. The minimum Gasteiger partial charge on any atom is -0.508 e. The number of aliphatic imine (C=N–C) groups is 1. The zero-order valence-corrected chi connectivity index (χ0v) is 14.6. The van der Waals surface area contributed by atoms with Gasteiger partial charge in [0, 0.05) is 29.1 Å². The Bertz CT molecular complexity index is 935. The van der Waals surface area contributed by atoms with Gasteiger partial charge in [-0.1, -0.05) is 22.8 Å². The van der Waals surface area contributed by atoms with E-state index < -0.39 is 5.92 Å². The largest absolute Gasteiger partial charge is 0.508 e. The van der Waals surface area contributed by atoms with Gasteiger partial charge in [-0.15, -0.1) is 0 Å². The number of benzene rings is 2. The fourth-order valence-corrected chi connectivity index (χ4v) is 2.41. The summed E-state index contributed by atoms with van der Waals surface area (Å²) in [5.41, 5.74) is 1.78. The smallest absolute Gasteiger partial charge is 0.240 e. The van der Waals surface area contributed by atoms with E-state index in [2.05, 4.69) is 15.5 Å². The van der Waals surface area contributed by atoms with Crippen LogP contribution in [-0.4, -0.2) is 22.4 Å². The number of aromatic hydroxyl groups is 1. The van der Waals surface area contributed by atoms with Gasteiger partial charge in [-0.3, -0.25) is 9.79 Å². The van der Waals surface area contributed by atoms with Crippen molar-refractivity contribution in [3.05, 3.63) is 71.1 Å². The summed E-state index contributed by atoms with van der Waals surface area (Å²) in [6, 6.07) is 14.9. The zero-order chi connectivity index (χ0) is 18.5. The Morgan fingerprint density at radius 3 is 2.69 bits per heavy atom. The fraction of sp³-hybridized carbons (Fsp3) is 0.105. The van der Waals surface area contributed by atoms with Gasteiger partial charge in [-0.05, 0) is 43.3 Å². The highest BCUT2D eigenvalue weighted by molar-refractivity contribution is 6.30. The van der Waals surface area contributed by atoms with E-state index in [9.17, 15) is 9.90 Å². The van der Waals surface area contributed by atoms with E-state index in [1.807, 2.05) is 0 Å². The quantitative estimate of drug-likeness (QED) is 0.649. The van der Waals surface area contributed by atoms with E-state index in [1.165, 1.54) is 12.3 Å².